The number of benzene rings is 3. The van der Waals surface area contributed by atoms with E-state index in [1.807, 2.05) is 76.2 Å². The average molecular weight is 715 g/mol. The highest BCUT2D eigenvalue weighted by molar-refractivity contribution is 5.90. The molecule has 278 valence electrons. The molecule has 0 unspecified atom stereocenters. The van der Waals surface area contributed by atoms with Crippen LogP contribution in [0, 0.1) is 11.8 Å². The molecule has 4 atom stereocenters. The van der Waals surface area contributed by atoms with E-state index in [1.54, 1.807) is 30.3 Å². The van der Waals surface area contributed by atoms with E-state index in [0.29, 0.717) is 5.56 Å². The summed E-state index contributed by atoms with van der Waals surface area (Å²) in [5.41, 5.74) is 4.98. The van der Waals surface area contributed by atoms with Crippen molar-refractivity contribution in [2.45, 2.75) is 84.1 Å². The van der Waals surface area contributed by atoms with Crippen LogP contribution in [-0.2, 0) is 39.8 Å². The van der Waals surface area contributed by atoms with Crippen molar-refractivity contribution in [1.29, 1.82) is 0 Å². The number of hydrogen-bond donors (Lipinski definition) is 1. The third kappa shape index (κ3) is 9.77. The molecular weight excluding hydrogens is 664 g/mol. The van der Waals surface area contributed by atoms with Crippen molar-refractivity contribution >= 4 is 29.9 Å². The Labute approximate surface area is 305 Å². The fourth-order valence-electron chi connectivity index (χ4n) is 6.51. The van der Waals surface area contributed by atoms with Crippen molar-refractivity contribution in [1.82, 2.24) is 9.80 Å². The number of carbonyl (C=O) groups is 5. The topological polar surface area (TPSA) is 140 Å². The summed E-state index contributed by atoms with van der Waals surface area (Å²) in [5.74, 6) is -3.91. The predicted octanol–water partition coefficient (Wildman–Crippen LogP) is 6.33. The molecule has 1 aliphatic rings. The van der Waals surface area contributed by atoms with Crippen LogP contribution in [0.2, 0.25) is 0 Å². The summed E-state index contributed by atoms with van der Waals surface area (Å²) in [4.78, 5) is 68.5. The van der Waals surface area contributed by atoms with Crippen molar-refractivity contribution in [3.05, 3.63) is 95.6 Å². The Morgan fingerprint density at radius 1 is 0.673 bits per heavy atom. The van der Waals surface area contributed by atoms with Gasteiger partial charge in [0.1, 0.15) is 18.7 Å². The molecule has 2 amide bonds. The van der Waals surface area contributed by atoms with Crippen LogP contribution in [0.5, 0.6) is 0 Å². The van der Waals surface area contributed by atoms with E-state index < -0.39 is 54.2 Å². The van der Waals surface area contributed by atoms with E-state index >= 15 is 0 Å². The Bertz CT molecular complexity index is 1680. The number of rotatable bonds is 16. The average Bonchev–Trinajstić information content (AvgIpc) is 3.44. The first kappa shape index (κ1) is 39.6. The summed E-state index contributed by atoms with van der Waals surface area (Å²) >= 11 is 0. The Morgan fingerprint density at radius 2 is 1.15 bits per heavy atom. The molecule has 11 nitrogen and oxygen atoms in total. The second-order valence-electron chi connectivity index (χ2n) is 14.2. The fourth-order valence-corrected chi connectivity index (χ4v) is 6.51. The van der Waals surface area contributed by atoms with Gasteiger partial charge in [0.05, 0.1) is 0 Å². The first-order valence-corrected chi connectivity index (χ1v) is 17.7. The van der Waals surface area contributed by atoms with Gasteiger partial charge in [0.2, 0.25) is 6.10 Å². The number of fused-ring (bicyclic) bond motifs is 3. The second kappa shape index (κ2) is 17.8. The largest absolute Gasteiger partial charge is 0.478 e. The normalized spacial score (nSPS) is 14.4. The number of likely N-dealkylation sites (N-methyl/N-ethyl adjacent to an activating group) is 2. The van der Waals surface area contributed by atoms with Gasteiger partial charge in [-0.2, -0.15) is 0 Å². The number of aliphatic carboxylic acids is 1. The van der Waals surface area contributed by atoms with E-state index in [-0.39, 0.29) is 43.6 Å². The zero-order valence-electron chi connectivity index (χ0n) is 31.0. The van der Waals surface area contributed by atoms with Crippen LogP contribution >= 0.6 is 0 Å². The molecule has 3 aromatic rings. The van der Waals surface area contributed by atoms with Gasteiger partial charge in [-0.3, -0.25) is 9.69 Å². The lowest BCUT2D eigenvalue weighted by Gasteiger charge is -2.32. The lowest BCUT2D eigenvalue weighted by atomic mass is 9.98. The lowest BCUT2D eigenvalue weighted by molar-refractivity contribution is -0.172. The molecule has 0 aliphatic heterocycles. The molecule has 0 heterocycles. The highest BCUT2D eigenvalue weighted by atomic mass is 16.6. The van der Waals surface area contributed by atoms with Crippen LogP contribution in [0.1, 0.15) is 70.1 Å². The van der Waals surface area contributed by atoms with E-state index in [4.69, 9.17) is 14.2 Å². The minimum atomic E-state index is -1.46. The summed E-state index contributed by atoms with van der Waals surface area (Å²) in [5, 5.41) is 9.80. The molecule has 1 aliphatic carbocycles. The maximum atomic E-state index is 13.6. The molecule has 1 N–H and O–H groups in total. The third-order valence-corrected chi connectivity index (χ3v) is 9.28. The Hall–Kier alpha value is -5.19. The number of carbonyl (C=O) groups excluding carboxylic acids is 4. The van der Waals surface area contributed by atoms with Crippen molar-refractivity contribution in [3.8, 4) is 11.1 Å². The maximum absolute atomic E-state index is 13.6. The van der Waals surface area contributed by atoms with Crippen LogP contribution in [-0.4, -0.2) is 89.8 Å². The first-order valence-electron chi connectivity index (χ1n) is 17.7. The second-order valence-corrected chi connectivity index (χ2v) is 14.2. The van der Waals surface area contributed by atoms with Gasteiger partial charge in [0.25, 0.3) is 5.91 Å². The van der Waals surface area contributed by atoms with Crippen molar-refractivity contribution in [2.24, 2.45) is 11.8 Å². The number of hydrogen-bond acceptors (Lipinski definition) is 8. The third-order valence-electron chi connectivity index (χ3n) is 9.28. The SMILES string of the molecule is CC(C)C[C@@H](C(=O)O[C@H](C)C(=O)N(C)[C@@H](CC(C)C)C(=O)O[C@H](Cc1ccccc1)C(=O)O)N(C)C(=O)OCC1c2ccccc2-c2ccccc21. The van der Waals surface area contributed by atoms with Gasteiger partial charge < -0.3 is 24.2 Å². The highest BCUT2D eigenvalue weighted by Gasteiger charge is 2.38. The summed E-state index contributed by atoms with van der Waals surface area (Å²) in [6, 6.07) is 22.6. The standard InChI is InChI=1S/C41H50N2O9/c1-25(2)21-34(40(48)52-36(38(45)46)23-28-15-9-8-10-16-28)42(6)37(44)27(5)51-39(47)35(22-26(3)4)43(7)41(49)50-24-33-31-19-13-11-17-29(31)30-18-12-14-20-32(30)33/h8-20,25-27,33-36H,21-24H2,1-7H3,(H,45,46)/t27-,34+,35+,36-/m1/s1. The maximum Gasteiger partial charge on any atom is 0.410 e. The molecule has 0 saturated carbocycles. The summed E-state index contributed by atoms with van der Waals surface area (Å²) < 4.78 is 16.9. The Kier molecular flexibility index (Phi) is 13.6. The number of carboxylic acid groups (broad SMARTS) is 1. The van der Waals surface area contributed by atoms with Crippen molar-refractivity contribution in [2.75, 3.05) is 20.7 Å². The zero-order valence-corrected chi connectivity index (χ0v) is 31.0. The van der Waals surface area contributed by atoms with Crippen LogP contribution in [0.4, 0.5) is 4.79 Å². The fraction of sp³-hybridized carbons (Fsp3) is 0.439. The molecule has 0 bridgehead atoms. The Morgan fingerprint density at radius 3 is 1.67 bits per heavy atom. The predicted molar refractivity (Wildman–Crippen MR) is 195 cm³/mol. The van der Waals surface area contributed by atoms with E-state index in [2.05, 4.69) is 0 Å². The monoisotopic (exact) mass is 714 g/mol. The van der Waals surface area contributed by atoms with Gasteiger partial charge in [-0.1, -0.05) is 107 Å². The zero-order chi connectivity index (χ0) is 38.1. The first-order chi connectivity index (χ1) is 24.7. The number of ether oxygens (including phenoxy) is 3. The minimum absolute atomic E-state index is 0.0154. The smallest absolute Gasteiger partial charge is 0.410 e. The minimum Gasteiger partial charge on any atom is -0.478 e. The van der Waals surface area contributed by atoms with E-state index in [1.165, 1.54) is 25.9 Å². The molecule has 0 radical (unpaired) electrons. The molecule has 11 heteroatoms. The van der Waals surface area contributed by atoms with Crippen LogP contribution < -0.4 is 0 Å². The van der Waals surface area contributed by atoms with Gasteiger partial charge in [0.15, 0.2) is 6.10 Å². The van der Waals surface area contributed by atoms with Crippen molar-refractivity contribution in [3.63, 3.8) is 0 Å². The summed E-state index contributed by atoms with van der Waals surface area (Å²) in [6.45, 7) is 8.98. The van der Waals surface area contributed by atoms with Gasteiger partial charge >= 0.3 is 24.0 Å². The summed E-state index contributed by atoms with van der Waals surface area (Å²) in [7, 11) is 2.86. The van der Waals surface area contributed by atoms with E-state index in [9.17, 15) is 29.1 Å². The number of amides is 2. The Balaban J connectivity index is 1.42. The highest BCUT2D eigenvalue weighted by Crippen LogP contribution is 2.44. The lowest BCUT2D eigenvalue weighted by Crippen LogP contribution is -2.51. The van der Waals surface area contributed by atoms with Gasteiger partial charge in [0, 0.05) is 26.4 Å². The molecule has 4 rings (SSSR count). The van der Waals surface area contributed by atoms with Crippen LogP contribution in [0.15, 0.2) is 78.9 Å². The number of carboxylic acids is 1. The van der Waals surface area contributed by atoms with Gasteiger partial charge in [-0.05, 0) is 59.4 Å². The van der Waals surface area contributed by atoms with Crippen LogP contribution in [0.25, 0.3) is 11.1 Å². The molecule has 0 saturated heterocycles. The van der Waals surface area contributed by atoms with Gasteiger partial charge in [-0.15, -0.1) is 0 Å². The molecule has 3 aromatic carbocycles. The quantitative estimate of drug-likeness (QED) is 0.133. The molecule has 52 heavy (non-hydrogen) atoms. The summed E-state index contributed by atoms with van der Waals surface area (Å²) in [6.07, 6.45) is -3.12. The molecule has 0 spiro atoms. The van der Waals surface area contributed by atoms with Crippen LogP contribution in [0.3, 0.4) is 0 Å². The molecular formula is C41H50N2O9. The molecule has 0 aromatic heterocycles. The van der Waals surface area contributed by atoms with Crippen molar-refractivity contribution < 1.29 is 43.3 Å². The number of nitrogens with zero attached hydrogens (tertiary/aromatic N) is 2. The van der Waals surface area contributed by atoms with E-state index in [0.717, 1.165) is 27.2 Å². The molecule has 0 fully saturated rings. The van der Waals surface area contributed by atoms with Gasteiger partial charge in [-0.25, -0.2) is 19.2 Å². The number of esters is 2.